The minimum Gasteiger partial charge on any atom is -0.489 e. The molecule has 9 heteroatoms. The van der Waals surface area contributed by atoms with Crippen LogP contribution in [0.2, 0.25) is 15.1 Å². The average molecular weight is 336 g/mol. The molecule has 0 aliphatic rings. The molecular weight excluding hydrogens is 327 g/mol. The third-order valence-electron chi connectivity index (χ3n) is 2.29. The molecule has 2 rings (SSSR count). The van der Waals surface area contributed by atoms with Crippen molar-refractivity contribution >= 4 is 40.6 Å². The molecule has 0 bridgehead atoms. The fourth-order valence-corrected chi connectivity index (χ4v) is 1.98. The van der Waals surface area contributed by atoms with Crippen LogP contribution >= 0.6 is 34.8 Å². The third kappa shape index (κ3) is 2.99. The van der Waals surface area contributed by atoms with Gasteiger partial charge in [-0.05, 0) is 6.07 Å². The Labute approximate surface area is 129 Å². The second-order valence-corrected chi connectivity index (χ2v) is 4.73. The van der Waals surface area contributed by atoms with Crippen molar-refractivity contribution in [1.82, 2.24) is 9.97 Å². The Balaban J connectivity index is 2.42. The Bertz CT molecular complexity index is 639. The molecule has 0 fully saturated rings. The molecule has 6 nitrogen and oxygen atoms in total. The van der Waals surface area contributed by atoms with Gasteiger partial charge in [0.25, 0.3) is 5.88 Å². The van der Waals surface area contributed by atoms with Crippen LogP contribution in [0.25, 0.3) is 0 Å². The van der Waals surface area contributed by atoms with Gasteiger partial charge in [0.15, 0.2) is 5.82 Å². The van der Waals surface area contributed by atoms with E-state index in [2.05, 4.69) is 15.4 Å². The zero-order chi connectivity index (χ0) is 14.7. The molecule has 1 aromatic carbocycles. The van der Waals surface area contributed by atoms with Crippen LogP contribution in [0.1, 0.15) is 0 Å². The van der Waals surface area contributed by atoms with E-state index in [-0.39, 0.29) is 28.2 Å². The molecule has 0 radical (unpaired) electrons. The summed E-state index contributed by atoms with van der Waals surface area (Å²) < 4.78 is 10.7. The number of hydrazine groups is 1. The van der Waals surface area contributed by atoms with E-state index < -0.39 is 0 Å². The molecule has 106 valence electrons. The highest BCUT2D eigenvalue weighted by Gasteiger charge is 2.16. The zero-order valence-corrected chi connectivity index (χ0v) is 12.4. The lowest BCUT2D eigenvalue weighted by Crippen LogP contribution is -2.11. The number of hydrogen-bond donors (Lipinski definition) is 2. The van der Waals surface area contributed by atoms with Crippen molar-refractivity contribution in [2.24, 2.45) is 5.84 Å². The highest BCUT2D eigenvalue weighted by Crippen LogP contribution is 2.39. The van der Waals surface area contributed by atoms with Gasteiger partial charge in [-0.3, -0.25) is 0 Å². The van der Waals surface area contributed by atoms with Gasteiger partial charge in [0, 0.05) is 6.07 Å². The van der Waals surface area contributed by atoms with Gasteiger partial charge in [-0.25, -0.2) is 10.8 Å². The number of methoxy groups -OCH3 is 1. The quantitative estimate of drug-likeness (QED) is 0.505. The summed E-state index contributed by atoms with van der Waals surface area (Å²) in [6, 6.07) is 2.94. The lowest BCUT2D eigenvalue weighted by atomic mass is 10.3. The van der Waals surface area contributed by atoms with Crippen LogP contribution in [-0.4, -0.2) is 17.1 Å². The maximum atomic E-state index is 6.03. The van der Waals surface area contributed by atoms with E-state index in [1.807, 2.05) is 0 Å². The number of hydrogen-bond acceptors (Lipinski definition) is 6. The van der Waals surface area contributed by atoms with Crippen molar-refractivity contribution in [3.8, 4) is 17.4 Å². The van der Waals surface area contributed by atoms with E-state index in [0.717, 1.165) is 0 Å². The maximum Gasteiger partial charge on any atom is 0.268 e. The Kier molecular flexibility index (Phi) is 4.72. The number of halogens is 3. The highest BCUT2D eigenvalue weighted by molar-refractivity contribution is 6.43. The number of aromatic nitrogens is 2. The molecule has 20 heavy (non-hydrogen) atoms. The van der Waals surface area contributed by atoms with Gasteiger partial charge >= 0.3 is 0 Å². The Hall–Kier alpha value is -1.47. The number of anilines is 1. The lowest BCUT2D eigenvalue weighted by Gasteiger charge is -2.12. The van der Waals surface area contributed by atoms with Crippen LogP contribution in [0.3, 0.4) is 0 Å². The van der Waals surface area contributed by atoms with Gasteiger partial charge in [0.05, 0.1) is 22.2 Å². The Morgan fingerprint density at radius 1 is 1.10 bits per heavy atom. The van der Waals surface area contributed by atoms with Crippen LogP contribution in [0.4, 0.5) is 5.82 Å². The number of nitrogens with zero attached hydrogens (tertiary/aromatic N) is 2. The van der Waals surface area contributed by atoms with E-state index in [1.165, 1.54) is 25.6 Å². The first-order chi connectivity index (χ1) is 9.56. The van der Waals surface area contributed by atoms with E-state index in [0.29, 0.717) is 10.0 Å². The Morgan fingerprint density at radius 2 is 1.80 bits per heavy atom. The van der Waals surface area contributed by atoms with Gasteiger partial charge in [-0.1, -0.05) is 34.8 Å². The molecule has 0 saturated heterocycles. The molecule has 0 amide bonds. The summed E-state index contributed by atoms with van der Waals surface area (Å²) in [4.78, 5) is 7.85. The average Bonchev–Trinajstić information content (AvgIpc) is 2.44. The summed E-state index contributed by atoms with van der Waals surface area (Å²) in [7, 11) is 1.43. The van der Waals surface area contributed by atoms with Gasteiger partial charge < -0.3 is 14.9 Å². The van der Waals surface area contributed by atoms with Gasteiger partial charge in [-0.2, -0.15) is 4.98 Å². The number of nitrogens with one attached hydrogen (secondary N) is 1. The van der Waals surface area contributed by atoms with Crippen molar-refractivity contribution in [3.63, 3.8) is 0 Å². The first kappa shape index (κ1) is 14.9. The van der Waals surface area contributed by atoms with Crippen molar-refractivity contribution in [2.75, 3.05) is 12.5 Å². The van der Waals surface area contributed by atoms with Crippen LogP contribution in [0.5, 0.6) is 17.4 Å². The van der Waals surface area contributed by atoms with Gasteiger partial charge in [-0.15, -0.1) is 0 Å². The zero-order valence-electron chi connectivity index (χ0n) is 10.2. The summed E-state index contributed by atoms with van der Waals surface area (Å²) >= 11 is 17.8. The second-order valence-electron chi connectivity index (χ2n) is 3.50. The molecule has 0 spiro atoms. The van der Waals surface area contributed by atoms with Gasteiger partial charge in [0.2, 0.25) is 5.75 Å². The van der Waals surface area contributed by atoms with Crippen LogP contribution in [0, 0.1) is 0 Å². The molecular formula is C11H9Cl3N4O2. The predicted molar refractivity (Wildman–Crippen MR) is 77.9 cm³/mol. The molecule has 0 saturated carbocycles. The van der Waals surface area contributed by atoms with Crippen molar-refractivity contribution < 1.29 is 9.47 Å². The molecule has 2 aromatic rings. The summed E-state index contributed by atoms with van der Waals surface area (Å²) in [5.74, 6) is 6.24. The fraction of sp³-hybridized carbons (Fsp3) is 0.0909. The SMILES string of the molecule is COc1c(NN)ncnc1Oc1cc(Cl)c(Cl)cc1Cl. The van der Waals surface area contributed by atoms with Crippen LogP contribution in [0.15, 0.2) is 18.5 Å². The molecule has 0 aliphatic heterocycles. The second kappa shape index (κ2) is 6.32. The van der Waals surface area contributed by atoms with E-state index in [1.54, 1.807) is 0 Å². The number of nitrogen functional groups attached to an aromatic ring is 1. The first-order valence-corrected chi connectivity index (χ1v) is 6.38. The molecule has 0 unspecified atom stereocenters. The van der Waals surface area contributed by atoms with Crippen LogP contribution < -0.4 is 20.7 Å². The topological polar surface area (TPSA) is 82.3 Å². The summed E-state index contributed by atoms with van der Waals surface area (Å²) in [5.41, 5.74) is 2.37. The first-order valence-electron chi connectivity index (χ1n) is 5.24. The monoisotopic (exact) mass is 334 g/mol. The summed E-state index contributed by atoms with van der Waals surface area (Å²) in [6.07, 6.45) is 1.26. The predicted octanol–water partition coefficient (Wildman–Crippen LogP) is 3.52. The van der Waals surface area contributed by atoms with Crippen molar-refractivity contribution in [1.29, 1.82) is 0 Å². The highest BCUT2D eigenvalue weighted by atomic mass is 35.5. The van der Waals surface area contributed by atoms with Crippen molar-refractivity contribution in [3.05, 3.63) is 33.5 Å². The summed E-state index contributed by atoms with van der Waals surface area (Å²) in [5, 5.41) is 0.904. The van der Waals surface area contributed by atoms with E-state index in [4.69, 9.17) is 50.1 Å². The summed E-state index contributed by atoms with van der Waals surface area (Å²) in [6.45, 7) is 0. The number of benzene rings is 1. The standard InChI is InChI=1S/C11H9Cl3N4O2/c1-19-9-10(18-15)16-4-17-11(9)20-8-3-6(13)5(12)2-7(8)14/h2-4H,15H2,1H3,(H,16,17,18). The number of nitrogens with two attached hydrogens (primary N) is 1. The molecule has 3 N–H and O–H groups in total. The lowest BCUT2D eigenvalue weighted by molar-refractivity contribution is 0.369. The van der Waals surface area contributed by atoms with Crippen LogP contribution in [-0.2, 0) is 0 Å². The largest absolute Gasteiger partial charge is 0.489 e. The van der Waals surface area contributed by atoms with E-state index >= 15 is 0 Å². The smallest absolute Gasteiger partial charge is 0.268 e. The number of rotatable bonds is 4. The maximum absolute atomic E-state index is 6.03. The minimum absolute atomic E-state index is 0.135. The van der Waals surface area contributed by atoms with E-state index in [9.17, 15) is 0 Å². The Morgan fingerprint density at radius 3 is 2.45 bits per heavy atom. The molecule has 1 aromatic heterocycles. The van der Waals surface area contributed by atoms with Crippen molar-refractivity contribution in [2.45, 2.75) is 0 Å². The normalized spacial score (nSPS) is 10.2. The molecule has 0 aliphatic carbocycles. The molecule has 1 heterocycles. The number of ether oxygens (including phenoxy) is 2. The third-order valence-corrected chi connectivity index (χ3v) is 3.31. The molecule has 0 atom stereocenters. The fourth-order valence-electron chi connectivity index (χ4n) is 1.40. The van der Waals surface area contributed by atoms with Gasteiger partial charge in [0.1, 0.15) is 12.1 Å². The minimum atomic E-state index is 0.135.